The molecule has 0 atom stereocenters. The second-order valence-electron chi connectivity index (χ2n) is 8.00. The first kappa shape index (κ1) is 21.4. The van der Waals surface area contributed by atoms with Crippen molar-refractivity contribution in [3.8, 4) is 5.75 Å². The zero-order valence-electron chi connectivity index (χ0n) is 18.3. The highest BCUT2D eigenvalue weighted by Crippen LogP contribution is 2.29. The summed E-state index contributed by atoms with van der Waals surface area (Å²) in [6.45, 7) is 1.10. The predicted octanol–water partition coefficient (Wildman–Crippen LogP) is 2.43. The molecule has 0 spiro atoms. The number of hydrogen-bond donors (Lipinski definition) is 3. The van der Waals surface area contributed by atoms with Crippen molar-refractivity contribution >= 4 is 34.2 Å². The Balaban J connectivity index is 1.42. The van der Waals surface area contributed by atoms with Crippen molar-refractivity contribution in [3.63, 3.8) is 0 Å². The van der Waals surface area contributed by atoms with Gasteiger partial charge in [0.25, 0.3) is 0 Å². The second-order valence-corrected chi connectivity index (χ2v) is 8.00. The van der Waals surface area contributed by atoms with E-state index in [0.29, 0.717) is 28.9 Å². The van der Waals surface area contributed by atoms with Crippen LogP contribution < -0.4 is 15.8 Å². The summed E-state index contributed by atoms with van der Waals surface area (Å²) in [6, 6.07) is 11.3. The Labute approximate surface area is 195 Å². The normalized spacial score (nSPS) is 12.6. The van der Waals surface area contributed by atoms with E-state index in [-0.39, 0.29) is 18.9 Å². The van der Waals surface area contributed by atoms with E-state index in [9.17, 15) is 9.59 Å². The molecule has 0 saturated carbocycles. The second kappa shape index (κ2) is 9.18. The van der Waals surface area contributed by atoms with Crippen LogP contribution in [-0.4, -0.2) is 43.5 Å². The van der Waals surface area contributed by atoms with E-state index in [1.807, 2.05) is 30.3 Å². The van der Waals surface area contributed by atoms with Gasteiger partial charge in [-0.15, -0.1) is 0 Å². The number of amides is 2. The molecule has 0 fully saturated rings. The van der Waals surface area contributed by atoms with Crippen molar-refractivity contribution in [2.75, 3.05) is 17.7 Å². The van der Waals surface area contributed by atoms with E-state index in [1.165, 1.54) is 17.3 Å². The Kier molecular flexibility index (Phi) is 5.77. The number of carbonyl (C=O) groups is 2. The molecule has 5 rings (SSSR count). The molecule has 1 aromatic carbocycles. The standard InChI is InChI=1S/C24H23N7O3/c25-22-18-11-28-30-21(18)19(12-27-22)29-23(32)24(33)31(14-16-6-1-2-9-26-16)13-15-5-3-8-20-17(15)7-4-10-34-20/h1-3,5-6,8-9,11-12H,4,7,10,13-14H2,(H2,25,27)(H,28,30)(H,29,32). The van der Waals surface area contributed by atoms with Crippen LogP contribution in [0.15, 0.2) is 55.0 Å². The highest BCUT2D eigenvalue weighted by molar-refractivity contribution is 6.40. The van der Waals surface area contributed by atoms with Gasteiger partial charge in [-0.1, -0.05) is 18.2 Å². The highest BCUT2D eigenvalue weighted by atomic mass is 16.5. The Bertz CT molecular complexity index is 1350. The fraction of sp³-hybridized carbons (Fsp3) is 0.208. The lowest BCUT2D eigenvalue weighted by atomic mass is 9.99. The van der Waals surface area contributed by atoms with Crippen molar-refractivity contribution in [3.05, 3.63) is 71.8 Å². The first-order valence-corrected chi connectivity index (χ1v) is 10.9. The molecule has 34 heavy (non-hydrogen) atoms. The fourth-order valence-electron chi connectivity index (χ4n) is 4.07. The highest BCUT2D eigenvalue weighted by Gasteiger charge is 2.26. The van der Waals surface area contributed by atoms with Gasteiger partial charge in [0.1, 0.15) is 11.6 Å². The molecule has 172 valence electrons. The predicted molar refractivity (Wildman–Crippen MR) is 126 cm³/mol. The number of benzene rings is 1. The van der Waals surface area contributed by atoms with Gasteiger partial charge >= 0.3 is 11.8 Å². The van der Waals surface area contributed by atoms with Crippen LogP contribution in [0.25, 0.3) is 10.9 Å². The number of anilines is 2. The van der Waals surface area contributed by atoms with E-state index in [4.69, 9.17) is 10.5 Å². The summed E-state index contributed by atoms with van der Waals surface area (Å²) in [5.74, 6) is -0.377. The number of nitrogens with two attached hydrogens (primary N) is 1. The van der Waals surface area contributed by atoms with E-state index >= 15 is 0 Å². The topological polar surface area (TPSA) is 139 Å². The van der Waals surface area contributed by atoms with Crippen molar-refractivity contribution in [1.82, 2.24) is 25.1 Å². The van der Waals surface area contributed by atoms with E-state index in [1.54, 1.807) is 12.3 Å². The number of pyridine rings is 2. The van der Waals surface area contributed by atoms with Crippen LogP contribution in [0.3, 0.4) is 0 Å². The van der Waals surface area contributed by atoms with Crippen molar-refractivity contribution in [1.29, 1.82) is 0 Å². The Morgan fingerprint density at radius 3 is 2.88 bits per heavy atom. The lowest BCUT2D eigenvalue weighted by Gasteiger charge is -2.26. The third-order valence-corrected chi connectivity index (χ3v) is 5.75. The van der Waals surface area contributed by atoms with Crippen LogP contribution in [0.4, 0.5) is 11.5 Å². The molecule has 4 N–H and O–H groups in total. The van der Waals surface area contributed by atoms with Gasteiger partial charge in [-0.25, -0.2) is 4.98 Å². The van der Waals surface area contributed by atoms with E-state index in [0.717, 1.165) is 29.7 Å². The number of nitrogens with zero attached hydrogens (tertiary/aromatic N) is 4. The summed E-state index contributed by atoms with van der Waals surface area (Å²) < 4.78 is 5.77. The Hall–Kier alpha value is -4.47. The summed E-state index contributed by atoms with van der Waals surface area (Å²) in [5, 5.41) is 9.94. The number of hydrogen-bond acceptors (Lipinski definition) is 7. The number of nitrogen functional groups attached to an aromatic ring is 1. The monoisotopic (exact) mass is 457 g/mol. The third-order valence-electron chi connectivity index (χ3n) is 5.75. The lowest BCUT2D eigenvalue weighted by Crippen LogP contribution is -2.39. The van der Waals surface area contributed by atoms with Gasteiger partial charge in [-0.3, -0.25) is 19.7 Å². The molecule has 4 aromatic rings. The van der Waals surface area contributed by atoms with Crippen LogP contribution >= 0.6 is 0 Å². The molecule has 0 unspecified atom stereocenters. The van der Waals surface area contributed by atoms with Crippen molar-refractivity contribution < 1.29 is 14.3 Å². The molecule has 0 saturated heterocycles. The number of nitrogens with one attached hydrogen (secondary N) is 2. The minimum absolute atomic E-state index is 0.178. The zero-order chi connectivity index (χ0) is 23.5. The van der Waals surface area contributed by atoms with E-state index < -0.39 is 11.8 Å². The minimum atomic E-state index is -0.792. The average Bonchev–Trinajstić information content (AvgIpc) is 3.37. The van der Waals surface area contributed by atoms with Gasteiger partial charge in [-0.2, -0.15) is 5.10 Å². The summed E-state index contributed by atoms with van der Waals surface area (Å²) in [5.41, 5.74) is 9.37. The van der Waals surface area contributed by atoms with Crippen molar-refractivity contribution in [2.45, 2.75) is 25.9 Å². The first-order valence-electron chi connectivity index (χ1n) is 10.9. The SMILES string of the molecule is Nc1ncc(NC(=O)C(=O)N(Cc2ccccn2)Cc2cccc3c2CCCO3)c2[nH]ncc12. The molecular weight excluding hydrogens is 434 g/mol. The molecule has 0 aliphatic carbocycles. The number of aromatic nitrogens is 4. The molecule has 1 aliphatic rings. The number of rotatable bonds is 5. The number of aromatic amines is 1. The molecule has 10 heteroatoms. The number of H-pyrrole nitrogens is 1. The summed E-state index contributed by atoms with van der Waals surface area (Å²) in [6.07, 6.45) is 6.34. The number of carbonyl (C=O) groups excluding carboxylic acids is 2. The maximum absolute atomic E-state index is 13.3. The summed E-state index contributed by atoms with van der Waals surface area (Å²) in [7, 11) is 0. The van der Waals surface area contributed by atoms with Gasteiger partial charge in [0.15, 0.2) is 0 Å². The lowest BCUT2D eigenvalue weighted by molar-refractivity contribution is -0.144. The first-order chi connectivity index (χ1) is 16.6. The maximum atomic E-state index is 13.3. The molecule has 0 bridgehead atoms. The molecule has 4 heterocycles. The van der Waals surface area contributed by atoms with Gasteiger partial charge in [0, 0.05) is 12.7 Å². The zero-order valence-corrected chi connectivity index (χ0v) is 18.3. The quantitative estimate of drug-likeness (QED) is 0.391. The Morgan fingerprint density at radius 2 is 2.03 bits per heavy atom. The van der Waals surface area contributed by atoms with E-state index in [2.05, 4.69) is 25.5 Å². The van der Waals surface area contributed by atoms with Gasteiger partial charge < -0.3 is 20.7 Å². The third kappa shape index (κ3) is 4.25. The van der Waals surface area contributed by atoms with Crippen LogP contribution in [0.5, 0.6) is 5.75 Å². The molecular formula is C24H23N7O3. The largest absolute Gasteiger partial charge is 0.493 e. The average molecular weight is 457 g/mol. The summed E-state index contributed by atoms with van der Waals surface area (Å²) >= 11 is 0. The molecule has 0 radical (unpaired) electrons. The molecule has 1 aliphatic heterocycles. The molecule has 10 nitrogen and oxygen atoms in total. The van der Waals surface area contributed by atoms with Crippen LogP contribution in [0.1, 0.15) is 23.2 Å². The molecule has 3 aromatic heterocycles. The van der Waals surface area contributed by atoms with Crippen LogP contribution in [0, 0.1) is 0 Å². The van der Waals surface area contributed by atoms with Gasteiger partial charge in [-0.05, 0) is 42.2 Å². The van der Waals surface area contributed by atoms with Crippen LogP contribution in [-0.2, 0) is 29.1 Å². The number of ether oxygens (including phenoxy) is 1. The fourth-order valence-corrected chi connectivity index (χ4v) is 4.07. The van der Waals surface area contributed by atoms with Crippen LogP contribution in [0.2, 0.25) is 0 Å². The molecule has 2 amide bonds. The maximum Gasteiger partial charge on any atom is 0.314 e. The Morgan fingerprint density at radius 1 is 1.12 bits per heavy atom. The van der Waals surface area contributed by atoms with Gasteiger partial charge in [0.05, 0.1) is 47.8 Å². The number of fused-ring (bicyclic) bond motifs is 2. The smallest absolute Gasteiger partial charge is 0.314 e. The minimum Gasteiger partial charge on any atom is -0.493 e. The summed E-state index contributed by atoms with van der Waals surface area (Å²) in [4.78, 5) is 36.3. The van der Waals surface area contributed by atoms with Crippen molar-refractivity contribution in [2.24, 2.45) is 0 Å². The van der Waals surface area contributed by atoms with Gasteiger partial charge in [0.2, 0.25) is 0 Å².